The number of hydrogen-bond acceptors (Lipinski definition) is 3. The van der Waals surface area contributed by atoms with Gasteiger partial charge >= 0.3 is 0 Å². The smallest absolute Gasteiger partial charge is 0.200 e. The Morgan fingerprint density at radius 1 is 0.444 bits per heavy atom. The Bertz CT molecular complexity index is 2900. The van der Waals surface area contributed by atoms with Crippen LogP contribution in [-0.2, 0) is 0 Å². The molecule has 0 spiro atoms. The summed E-state index contributed by atoms with van der Waals surface area (Å²) in [6.07, 6.45) is 0. The van der Waals surface area contributed by atoms with Crippen molar-refractivity contribution in [1.29, 1.82) is 0 Å². The van der Waals surface area contributed by atoms with Gasteiger partial charge in [0.15, 0.2) is 0 Å². The molecule has 0 radical (unpaired) electrons. The number of furan rings is 1. The molecule has 4 nitrogen and oxygen atoms in total. The minimum atomic E-state index is -0.0355. The molecule has 0 aliphatic heterocycles. The summed E-state index contributed by atoms with van der Waals surface area (Å²) in [5.41, 5.74) is 7.74. The quantitative estimate of drug-likeness (QED) is 0.192. The topological polar surface area (TPSA) is 48.3 Å². The second kappa shape index (κ2) is 8.94. The molecule has 0 bridgehead atoms. The normalized spacial score (nSPS) is 12.1. The summed E-state index contributed by atoms with van der Waals surface area (Å²) < 4.78 is 15.2. The summed E-state index contributed by atoms with van der Waals surface area (Å²) >= 11 is 0. The lowest BCUT2D eigenvalue weighted by Gasteiger charge is -2.11. The van der Waals surface area contributed by atoms with Crippen LogP contribution in [0.5, 0.6) is 0 Å². The Morgan fingerprint density at radius 3 is 2.16 bits per heavy atom. The molecule has 10 aromatic rings. The molecule has 0 saturated heterocycles. The number of nitrogens with zero attached hydrogens (tertiary/aromatic N) is 1. The molecule has 0 fully saturated rings. The molecule has 45 heavy (non-hydrogen) atoms. The van der Waals surface area contributed by atoms with Crippen molar-refractivity contribution in [2.75, 3.05) is 0 Å². The molecule has 0 aliphatic carbocycles. The first-order valence-electron chi connectivity index (χ1n) is 15.0. The van der Waals surface area contributed by atoms with E-state index in [2.05, 4.69) is 77.4 Å². The van der Waals surface area contributed by atoms with Crippen LogP contribution in [0.3, 0.4) is 0 Å². The van der Waals surface area contributed by atoms with E-state index in [9.17, 15) is 4.79 Å². The Morgan fingerprint density at radius 2 is 1.22 bits per heavy atom. The van der Waals surface area contributed by atoms with E-state index in [4.69, 9.17) is 8.83 Å². The van der Waals surface area contributed by atoms with Gasteiger partial charge in [0.1, 0.15) is 22.3 Å². The van der Waals surface area contributed by atoms with Crippen molar-refractivity contribution < 1.29 is 8.83 Å². The van der Waals surface area contributed by atoms with Crippen LogP contribution in [-0.4, -0.2) is 4.57 Å². The van der Waals surface area contributed by atoms with E-state index >= 15 is 0 Å². The first-order valence-corrected chi connectivity index (χ1v) is 15.0. The molecule has 210 valence electrons. The molecule has 0 saturated carbocycles. The Balaban J connectivity index is 1.24. The summed E-state index contributed by atoms with van der Waals surface area (Å²) in [6.45, 7) is 0. The zero-order chi connectivity index (χ0) is 29.6. The molecular weight excluding hydrogens is 554 g/mol. The van der Waals surface area contributed by atoms with Gasteiger partial charge in [0.2, 0.25) is 5.43 Å². The largest absolute Gasteiger partial charge is 0.456 e. The summed E-state index contributed by atoms with van der Waals surface area (Å²) in [4.78, 5) is 13.9. The van der Waals surface area contributed by atoms with Crippen molar-refractivity contribution in [3.63, 3.8) is 0 Å². The highest BCUT2D eigenvalue weighted by atomic mass is 16.3. The second-order valence-corrected chi connectivity index (χ2v) is 11.7. The van der Waals surface area contributed by atoms with E-state index in [0.29, 0.717) is 21.9 Å². The molecular formula is C41H23NO3. The fraction of sp³-hybridized carbons (Fsp3) is 0. The van der Waals surface area contributed by atoms with Crippen LogP contribution in [0.2, 0.25) is 0 Å². The van der Waals surface area contributed by atoms with Crippen LogP contribution in [0.4, 0.5) is 0 Å². The number of aromatic nitrogens is 1. The maximum atomic E-state index is 13.9. The lowest BCUT2D eigenvalue weighted by molar-refractivity contribution is 0.661. The monoisotopic (exact) mass is 577 g/mol. The summed E-state index contributed by atoms with van der Waals surface area (Å²) in [7, 11) is 0. The van der Waals surface area contributed by atoms with Gasteiger partial charge in [0.25, 0.3) is 0 Å². The van der Waals surface area contributed by atoms with Gasteiger partial charge in [-0.2, -0.15) is 0 Å². The molecule has 4 heteroatoms. The number of hydrogen-bond donors (Lipinski definition) is 0. The fourth-order valence-electron chi connectivity index (χ4n) is 7.05. The molecule has 0 unspecified atom stereocenters. The van der Waals surface area contributed by atoms with Crippen LogP contribution in [0.1, 0.15) is 0 Å². The summed E-state index contributed by atoms with van der Waals surface area (Å²) in [6, 6.07) is 47.3. The Kier molecular flexibility index (Phi) is 4.83. The first-order chi connectivity index (χ1) is 22.2. The van der Waals surface area contributed by atoms with E-state index in [1.165, 1.54) is 5.39 Å². The van der Waals surface area contributed by atoms with Crippen molar-refractivity contribution in [2.24, 2.45) is 0 Å². The van der Waals surface area contributed by atoms with E-state index in [0.717, 1.165) is 65.9 Å². The summed E-state index contributed by atoms with van der Waals surface area (Å²) in [5.74, 6) is 0. The van der Waals surface area contributed by atoms with Gasteiger partial charge < -0.3 is 13.4 Å². The SMILES string of the molecule is O=c1c2ccc(-n3c4ccccc4c4cc5c(cc43)oc3ccccc35)cc2oc2c(-c3ccc4ccccc4c3)cccc12. The molecule has 0 aliphatic rings. The van der Waals surface area contributed by atoms with Crippen LogP contribution in [0.25, 0.3) is 93.3 Å². The minimum absolute atomic E-state index is 0.0355. The lowest BCUT2D eigenvalue weighted by atomic mass is 9.99. The van der Waals surface area contributed by atoms with Crippen molar-refractivity contribution in [2.45, 2.75) is 0 Å². The van der Waals surface area contributed by atoms with Crippen molar-refractivity contribution in [1.82, 2.24) is 4.57 Å². The predicted molar refractivity (Wildman–Crippen MR) is 185 cm³/mol. The second-order valence-electron chi connectivity index (χ2n) is 11.7. The van der Waals surface area contributed by atoms with Crippen molar-refractivity contribution in [3.05, 3.63) is 150 Å². The highest BCUT2D eigenvalue weighted by molar-refractivity contribution is 6.17. The summed E-state index contributed by atoms with van der Waals surface area (Å²) in [5, 5.41) is 7.94. The Hall–Kier alpha value is -6.13. The maximum Gasteiger partial charge on any atom is 0.200 e. The molecule has 10 rings (SSSR count). The molecule has 3 aromatic heterocycles. The third-order valence-electron chi connectivity index (χ3n) is 9.17. The molecule has 0 amide bonds. The third kappa shape index (κ3) is 3.45. The fourth-order valence-corrected chi connectivity index (χ4v) is 7.05. The zero-order valence-electron chi connectivity index (χ0n) is 24.0. The van der Waals surface area contributed by atoms with Crippen molar-refractivity contribution in [3.8, 4) is 16.8 Å². The molecule has 0 atom stereocenters. The molecule has 0 N–H and O–H groups in total. The average Bonchev–Trinajstić information content (AvgIpc) is 3.61. The van der Waals surface area contributed by atoms with Gasteiger partial charge in [-0.3, -0.25) is 4.79 Å². The average molecular weight is 578 g/mol. The van der Waals surface area contributed by atoms with Crippen molar-refractivity contribution >= 4 is 76.5 Å². The highest BCUT2D eigenvalue weighted by Gasteiger charge is 2.18. The number of para-hydroxylation sites is 3. The van der Waals surface area contributed by atoms with E-state index in [1.54, 1.807) is 0 Å². The Labute approximate surface area is 255 Å². The predicted octanol–water partition coefficient (Wildman–Crippen LogP) is 10.8. The van der Waals surface area contributed by atoms with Gasteiger partial charge in [0, 0.05) is 44.9 Å². The minimum Gasteiger partial charge on any atom is -0.456 e. The third-order valence-corrected chi connectivity index (χ3v) is 9.17. The maximum absolute atomic E-state index is 13.9. The standard InChI is InChI=1S/C41H23NO3/c43-40-31-19-18-27(21-38(31)45-41-28(12-7-13-32(40)41)26-17-16-24-8-1-2-9-25(24)20-26)42-35-14-5-3-10-29(35)33-22-34-30-11-4-6-15-37(30)44-39(34)23-36(33)42/h1-23H. The highest BCUT2D eigenvalue weighted by Crippen LogP contribution is 2.39. The van der Waals surface area contributed by atoms with Crippen LogP contribution in [0.15, 0.2) is 153 Å². The van der Waals surface area contributed by atoms with Gasteiger partial charge in [0.05, 0.1) is 21.8 Å². The number of benzene rings is 7. The van der Waals surface area contributed by atoms with Gasteiger partial charge in [-0.1, -0.05) is 84.9 Å². The van der Waals surface area contributed by atoms with Crippen LogP contribution in [0, 0.1) is 0 Å². The van der Waals surface area contributed by atoms with E-state index in [1.807, 2.05) is 66.7 Å². The van der Waals surface area contributed by atoms with Gasteiger partial charge in [-0.05, 0) is 58.8 Å². The number of fused-ring (bicyclic) bond motifs is 9. The number of rotatable bonds is 2. The molecule has 7 aromatic carbocycles. The molecule has 3 heterocycles. The van der Waals surface area contributed by atoms with E-state index in [-0.39, 0.29) is 5.43 Å². The van der Waals surface area contributed by atoms with Crippen LogP contribution >= 0.6 is 0 Å². The van der Waals surface area contributed by atoms with Gasteiger partial charge in [-0.15, -0.1) is 0 Å². The zero-order valence-corrected chi connectivity index (χ0v) is 24.0. The van der Waals surface area contributed by atoms with Crippen LogP contribution < -0.4 is 5.43 Å². The van der Waals surface area contributed by atoms with Gasteiger partial charge in [-0.25, -0.2) is 0 Å². The lowest BCUT2D eigenvalue weighted by Crippen LogP contribution is -2.03. The first kappa shape index (κ1) is 24.3. The van der Waals surface area contributed by atoms with E-state index < -0.39 is 0 Å².